The van der Waals surface area contributed by atoms with Crippen LogP contribution in [0.4, 0.5) is 5.69 Å². The Morgan fingerprint density at radius 1 is 0.704 bits per heavy atom. The van der Waals surface area contributed by atoms with Crippen LogP contribution in [0.25, 0.3) is 33.5 Å². The first kappa shape index (κ1) is 16.8. The summed E-state index contributed by atoms with van der Waals surface area (Å²) in [6, 6.07) is 21.6. The predicted molar refractivity (Wildman–Crippen MR) is 108 cm³/mol. The van der Waals surface area contributed by atoms with E-state index in [9.17, 15) is 0 Å². The lowest BCUT2D eigenvalue weighted by Gasteiger charge is -2.15. The first-order chi connectivity index (χ1) is 13.2. The molecule has 0 spiro atoms. The number of anilines is 1. The smallest absolute Gasteiger partial charge is 0.169 e. The molecule has 0 saturated carbocycles. The van der Waals surface area contributed by atoms with E-state index in [4.69, 9.17) is 25.2 Å². The second-order valence-electron chi connectivity index (χ2n) is 6.05. The summed E-state index contributed by atoms with van der Waals surface area (Å²) < 4.78 is 11.0. The van der Waals surface area contributed by atoms with Crippen LogP contribution >= 0.6 is 0 Å². The van der Waals surface area contributed by atoms with Crippen molar-refractivity contribution < 1.29 is 9.47 Å². The van der Waals surface area contributed by atoms with E-state index in [0.717, 1.165) is 22.5 Å². The minimum Gasteiger partial charge on any atom is -0.494 e. The second kappa shape index (κ2) is 6.96. The number of hydrogen-bond acceptors (Lipinski definition) is 5. The van der Waals surface area contributed by atoms with Gasteiger partial charge in [-0.3, -0.25) is 0 Å². The number of aromatic nitrogens is 2. The molecule has 0 fully saturated rings. The minimum absolute atomic E-state index is 0.461. The summed E-state index contributed by atoms with van der Waals surface area (Å²) in [5, 5.41) is 0. The van der Waals surface area contributed by atoms with Crippen LogP contribution in [0.2, 0.25) is 0 Å². The highest BCUT2D eigenvalue weighted by atomic mass is 16.5. The molecule has 0 unspecified atom stereocenters. The maximum Gasteiger partial charge on any atom is 0.169 e. The Morgan fingerprint density at radius 2 is 1.22 bits per heavy atom. The molecule has 0 saturated heterocycles. The molecule has 0 aliphatic rings. The van der Waals surface area contributed by atoms with E-state index in [0.29, 0.717) is 28.2 Å². The summed E-state index contributed by atoms with van der Waals surface area (Å²) in [5.41, 5.74) is 11.3. The van der Waals surface area contributed by atoms with Gasteiger partial charge in [-0.2, -0.15) is 0 Å². The number of rotatable bonds is 4. The molecular formula is C22H19N3O2. The lowest BCUT2D eigenvalue weighted by molar-refractivity contribution is 0.411. The zero-order valence-electron chi connectivity index (χ0n) is 15.1. The summed E-state index contributed by atoms with van der Waals surface area (Å²) in [4.78, 5) is 9.83. The minimum atomic E-state index is 0.461. The molecule has 134 valence electrons. The summed E-state index contributed by atoms with van der Waals surface area (Å²) >= 11 is 0. The van der Waals surface area contributed by atoms with Crippen molar-refractivity contribution in [3.05, 3.63) is 66.7 Å². The molecule has 0 radical (unpaired) electrons. The molecule has 1 aromatic heterocycles. The molecule has 0 aliphatic heterocycles. The van der Waals surface area contributed by atoms with Gasteiger partial charge in [0.05, 0.1) is 31.3 Å². The first-order valence-electron chi connectivity index (χ1n) is 8.56. The molecular weight excluding hydrogens is 338 g/mol. The molecule has 0 amide bonds. The van der Waals surface area contributed by atoms with E-state index in [2.05, 4.69) is 0 Å². The van der Waals surface area contributed by atoms with Crippen LogP contribution in [0.1, 0.15) is 0 Å². The molecule has 0 aliphatic carbocycles. The molecule has 5 nitrogen and oxygen atoms in total. The lowest BCUT2D eigenvalue weighted by Crippen LogP contribution is -2.02. The van der Waals surface area contributed by atoms with Gasteiger partial charge in [-0.25, -0.2) is 9.97 Å². The van der Waals surface area contributed by atoms with Gasteiger partial charge in [-0.1, -0.05) is 60.7 Å². The number of methoxy groups -OCH3 is 2. The van der Waals surface area contributed by atoms with Crippen LogP contribution in [-0.2, 0) is 0 Å². The number of ether oxygens (including phenoxy) is 2. The molecule has 1 heterocycles. The fourth-order valence-corrected chi connectivity index (χ4v) is 3.14. The van der Waals surface area contributed by atoms with Gasteiger partial charge < -0.3 is 15.2 Å². The van der Waals surface area contributed by atoms with Crippen molar-refractivity contribution in [2.24, 2.45) is 0 Å². The van der Waals surface area contributed by atoms with Gasteiger partial charge in [-0.05, 0) is 0 Å². The monoisotopic (exact) mass is 357 g/mol. The summed E-state index contributed by atoms with van der Waals surface area (Å²) in [6.45, 7) is 0. The predicted octanol–water partition coefficient (Wildman–Crippen LogP) is 4.56. The Bertz CT molecular complexity index is 1100. The van der Waals surface area contributed by atoms with Crippen molar-refractivity contribution in [3.63, 3.8) is 0 Å². The Labute approximate surface area is 157 Å². The van der Waals surface area contributed by atoms with Crippen molar-refractivity contribution in [1.29, 1.82) is 0 Å². The van der Waals surface area contributed by atoms with E-state index < -0.39 is 0 Å². The SMILES string of the molecule is COc1cc(N)c(OC)c2nc(-c3ccccc3)c(-c3ccccc3)nc12. The largest absolute Gasteiger partial charge is 0.494 e. The van der Waals surface area contributed by atoms with Crippen molar-refractivity contribution in [1.82, 2.24) is 9.97 Å². The fourth-order valence-electron chi connectivity index (χ4n) is 3.14. The quantitative estimate of drug-likeness (QED) is 0.542. The van der Waals surface area contributed by atoms with Crippen LogP contribution < -0.4 is 15.2 Å². The highest BCUT2D eigenvalue weighted by Crippen LogP contribution is 2.40. The zero-order valence-corrected chi connectivity index (χ0v) is 15.1. The van der Waals surface area contributed by atoms with Gasteiger partial charge >= 0.3 is 0 Å². The first-order valence-corrected chi connectivity index (χ1v) is 8.56. The van der Waals surface area contributed by atoms with Crippen LogP contribution in [-0.4, -0.2) is 24.2 Å². The van der Waals surface area contributed by atoms with E-state index in [-0.39, 0.29) is 0 Å². The average molecular weight is 357 g/mol. The van der Waals surface area contributed by atoms with E-state index in [1.54, 1.807) is 20.3 Å². The van der Waals surface area contributed by atoms with Crippen molar-refractivity contribution in [2.45, 2.75) is 0 Å². The van der Waals surface area contributed by atoms with Crippen LogP contribution in [0.3, 0.4) is 0 Å². The fraction of sp³-hybridized carbons (Fsp3) is 0.0909. The summed E-state index contributed by atoms with van der Waals surface area (Å²) in [6.07, 6.45) is 0. The normalized spacial score (nSPS) is 10.7. The third kappa shape index (κ3) is 2.93. The van der Waals surface area contributed by atoms with Gasteiger partial charge in [0.15, 0.2) is 5.75 Å². The van der Waals surface area contributed by atoms with Crippen molar-refractivity contribution >= 4 is 16.7 Å². The van der Waals surface area contributed by atoms with Crippen LogP contribution in [0.5, 0.6) is 11.5 Å². The highest BCUT2D eigenvalue weighted by molar-refractivity contribution is 5.96. The van der Waals surface area contributed by atoms with E-state index in [1.165, 1.54) is 0 Å². The molecule has 3 aromatic carbocycles. The molecule has 5 heteroatoms. The summed E-state index contributed by atoms with van der Waals surface area (Å²) in [5.74, 6) is 1.06. The third-order valence-electron chi connectivity index (χ3n) is 4.41. The number of fused-ring (bicyclic) bond motifs is 1. The number of nitrogen functional groups attached to an aromatic ring is 1. The number of nitrogens with two attached hydrogens (primary N) is 1. The topological polar surface area (TPSA) is 70.3 Å². The molecule has 2 N–H and O–H groups in total. The Hall–Kier alpha value is -3.60. The second-order valence-corrected chi connectivity index (χ2v) is 6.05. The molecule has 4 aromatic rings. The standard InChI is InChI=1S/C22H19N3O2/c1-26-17-13-16(23)22(27-2)21-20(17)24-18(14-9-5-3-6-10-14)19(25-21)15-11-7-4-8-12-15/h3-13H,23H2,1-2H3. The van der Waals surface area contributed by atoms with Crippen molar-refractivity contribution in [3.8, 4) is 34.0 Å². The number of benzene rings is 3. The molecule has 27 heavy (non-hydrogen) atoms. The van der Waals surface area contributed by atoms with Gasteiger partial charge in [0, 0.05) is 17.2 Å². The van der Waals surface area contributed by atoms with Gasteiger partial charge in [0.25, 0.3) is 0 Å². The average Bonchev–Trinajstić information content (AvgIpc) is 2.73. The van der Waals surface area contributed by atoms with Gasteiger partial charge in [0.1, 0.15) is 16.8 Å². The Morgan fingerprint density at radius 3 is 1.70 bits per heavy atom. The molecule has 4 rings (SSSR count). The van der Waals surface area contributed by atoms with Crippen molar-refractivity contribution in [2.75, 3.05) is 20.0 Å². The Kier molecular flexibility index (Phi) is 4.34. The summed E-state index contributed by atoms with van der Waals surface area (Å²) in [7, 11) is 3.17. The van der Waals surface area contributed by atoms with Crippen LogP contribution in [0, 0.1) is 0 Å². The van der Waals surface area contributed by atoms with Gasteiger partial charge in [0.2, 0.25) is 0 Å². The third-order valence-corrected chi connectivity index (χ3v) is 4.41. The maximum atomic E-state index is 6.14. The number of hydrogen-bond donors (Lipinski definition) is 1. The zero-order chi connectivity index (χ0) is 18.8. The Balaban J connectivity index is 2.13. The van der Waals surface area contributed by atoms with E-state index >= 15 is 0 Å². The molecule has 0 atom stereocenters. The van der Waals surface area contributed by atoms with Gasteiger partial charge in [-0.15, -0.1) is 0 Å². The lowest BCUT2D eigenvalue weighted by atomic mass is 10.0. The molecule has 0 bridgehead atoms. The number of nitrogens with zero attached hydrogens (tertiary/aromatic N) is 2. The van der Waals surface area contributed by atoms with Crippen LogP contribution in [0.15, 0.2) is 66.7 Å². The van der Waals surface area contributed by atoms with E-state index in [1.807, 2.05) is 60.7 Å². The highest BCUT2D eigenvalue weighted by Gasteiger charge is 2.19. The maximum absolute atomic E-state index is 6.14.